The molecule has 3 heteroatoms. The van der Waals surface area contributed by atoms with Crippen LogP contribution in [-0.2, 0) is 10.2 Å². The van der Waals surface area contributed by atoms with E-state index in [1.54, 1.807) is 0 Å². The van der Waals surface area contributed by atoms with Crippen LogP contribution in [-0.4, -0.2) is 19.1 Å². The average molecular weight is 281 g/mol. The summed E-state index contributed by atoms with van der Waals surface area (Å²) in [5.41, 5.74) is 2.21. The van der Waals surface area contributed by atoms with Crippen LogP contribution in [0.4, 0.5) is 5.69 Å². The molecule has 0 radical (unpaired) electrons. The smallest absolute Gasteiger partial charge is 0.264 e. The third kappa shape index (κ3) is 2.64. The van der Waals surface area contributed by atoms with E-state index in [0.29, 0.717) is 6.54 Å². The Morgan fingerprint density at radius 1 is 1.10 bits per heavy atom. The van der Waals surface area contributed by atoms with Gasteiger partial charge in [-0.15, -0.1) is 0 Å². The molecule has 0 N–H and O–H groups in total. The van der Waals surface area contributed by atoms with Gasteiger partial charge in [-0.3, -0.25) is 4.79 Å². The molecule has 0 spiro atoms. The van der Waals surface area contributed by atoms with E-state index in [2.05, 4.69) is 19.9 Å². The lowest BCUT2D eigenvalue weighted by atomic mass is 9.87. The van der Waals surface area contributed by atoms with Gasteiger partial charge >= 0.3 is 0 Å². The van der Waals surface area contributed by atoms with Crippen molar-refractivity contribution < 1.29 is 9.53 Å². The van der Waals surface area contributed by atoms with Crippen molar-refractivity contribution in [3.8, 4) is 5.75 Å². The van der Waals surface area contributed by atoms with Crippen LogP contribution in [0.25, 0.3) is 0 Å². The fraction of sp³-hybridized carbons (Fsp3) is 0.278. The van der Waals surface area contributed by atoms with Gasteiger partial charge in [0.1, 0.15) is 5.75 Å². The van der Waals surface area contributed by atoms with E-state index in [4.69, 9.17) is 4.74 Å². The Kier molecular flexibility index (Phi) is 3.42. The molecule has 0 aliphatic carbocycles. The summed E-state index contributed by atoms with van der Waals surface area (Å²) >= 11 is 0. The first-order chi connectivity index (χ1) is 10.1. The maximum absolute atomic E-state index is 12.5. The molecule has 2 aromatic rings. The predicted octanol–water partition coefficient (Wildman–Crippen LogP) is 3.39. The molecule has 1 aliphatic rings. The van der Waals surface area contributed by atoms with Gasteiger partial charge < -0.3 is 9.64 Å². The second-order valence-corrected chi connectivity index (χ2v) is 5.98. The second kappa shape index (κ2) is 5.24. The van der Waals surface area contributed by atoms with Crippen LogP contribution in [0.15, 0.2) is 54.6 Å². The monoisotopic (exact) mass is 281 g/mol. The normalized spacial score (nSPS) is 15.6. The molecule has 0 fully saturated rings. The van der Waals surface area contributed by atoms with Crippen LogP contribution >= 0.6 is 0 Å². The van der Waals surface area contributed by atoms with Crippen LogP contribution in [0.1, 0.15) is 19.4 Å². The Bertz CT molecular complexity index is 649. The van der Waals surface area contributed by atoms with Gasteiger partial charge in [0, 0.05) is 17.6 Å². The molecule has 2 aromatic carbocycles. The number of benzene rings is 2. The Morgan fingerprint density at radius 3 is 2.52 bits per heavy atom. The van der Waals surface area contributed by atoms with E-state index in [9.17, 15) is 4.79 Å². The Hall–Kier alpha value is -2.29. The first-order valence-corrected chi connectivity index (χ1v) is 7.16. The largest absolute Gasteiger partial charge is 0.484 e. The molecule has 108 valence electrons. The Morgan fingerprint density at radius 2 is 1.76 bits per heavy atom. The van der Waals surface area contributed by atoms with E-state index in [1.807, 2.05) is 53.4 Å². The zero-order valence-corrected chi connectivity index (χ0v) is 12.4. The Balaban J connectivity index is 1.75. The summed E-state index contributed by atoms with van der Waals surface area (Å²) in [4.78, 5) is 14.3. The summed E-state index contributed by atoms with van der Waals surface area (Å²) in [6.45, 7) is 5.09. The van der Waals surface area contributed by atoms with Crippen molar-refractivity contribution in [2.45, 2.75) is 19.3 Å². The number of nitrogens with zero attached hydrogens (tertiary/aromatic N) is 1. The molecule has 0 aromatic heterocycles. The van der Waals surface area contributed by atoms with Gasteiger partial charge in [0.15, 0.2) is 6.61 Å². The highest BCUT2D eigenvalue weighted by Gasteiger charge is 2.37. The number of rotatable bonds is 3. The molecular formula is C18H19NO2. The highest BCUT2D eigenvalue weighted by atomic mass is 16.5. The van der Waals surface area contributed by atoms with E-state index >= 15 is 0 Å². The lowest BCUT2D eigenvalue weighted by molar-refractivity contribution is -0.120. The number of carbonyl (C=O) groups is 1. The van der Waals surface area contributed by atoms with Crippen LogP contribution in [0.2, 0.25) is 0 Å². The van der Waals surface area contributed by atoms with Crippen molar-refractivity contribution in [2.24, 2.45) is 0 Å². The number of anilines is 1. The summed E-state index contributed by atoms with van der Waals surface area (Å²) in [6.07, 6.45) is 0. The Labute approximate surface area is 125 Å². The lowest BCUT2D eigenvalue weighted by Crippen LogP contribution is -2.37. The van der Waals surface area contributed by atoms with Crippen molar-refractivity contribution in [3.63, 3.8) is 0 Å². The minimum atomic E-state index is -0.0149. The molecule has 0 atom stereocenters. The summed E-state index contributed by atoms with van der Waals surface area (Å²) in [7, 11) is 0. The number of ether oxygens (including phenoxy) is 1. The van der Waals surface area contributed by atoms with E-state index in [-0.39, 0.29) is 17.9 Å². The van der Waals surface area contributed by atoms with Crippen LogP contribution < -0.4 is 9.64 Å². The van der Waals surface area contributed by atoms with Crippen LogP contribution in [0, 0.1) is 0 Å². The van der Waals surface area contributed by atoms with Gasteiger partial charge in [-0.1, -0.05) is 50.2 Å². The fourth-order valence-corrected chi connectivity index (χ4v) is 2.81. The minimum Gasteiger partial charge on any atom is -0.484 e. The first kappa shape index (κ1) is 13.7. The van der Waals surface area contributed by atoms with Gasteiger partial charge in [0.2, 0.25) is 0 Å². The summed E-state index contributed by atoms with van der Waals surface area (Å²) in [6, 6.07) is 17.5. The van der Waals surface area contributed by atoms with Crippen molar-refractivity contribution >= 4 is 11.6 Å². The van der Waals surface area contributed by atoms with Gasteiger partial charge in [0.25, 0.3) is 5.91 Å². The number of fused-ring (bicyclic) bond motifs is 1. The summed E-state index contributed by atoms with van der Waals surface area (Å²) < 4.78 is 5.57. The molecule has 0 bridgehead atoms. The highest BCUT2D eigenvalue weighted by Crippen LogP contribution is 2.40. The first-order valence-electron chi connectivity index (χ1n) is 7.16. The number of carbonyl (C=O) groups excluding carboxylic acids is 1. The predicted molar refractivity (Wildman–Crippen MR) is 83.8 cm³/mol. The van der Waals surface area contributed by atoms with Crippen LogP contribution in [0.3, 0.4) is 0 Å². The third-order valence-corrected chi connectivity index (χ3v) is 3.88. The average Bonchev–Trinajstić information content (AvgIpc) is 2.78. The van der Waals surface area contributed by atoms with Gasteiger partial charge in [-0.2, -0.15) is 0 Å². The standard InChI is InChI=1S/C18H19NO2/c1-18(2)13-19(16-11-7-6-10-15(16)18)17(20)12-21-14-8-4-3-5-9-14/h3-11H,12-13H2,1-2H3. The fourth-order valence-electron chi connectivity index (χ4n) is 2.81. The molecule has 1 aliphatic heterocycles. The molecule has 3 nitrogen and oxygen atoms in total. The number of hydrogen-bond donors (Lipinski definition) is 0. The van der Waals surface area contributed by atoms with Gasteiger partial charge in [-0.05, 0) is 23.8 Å². The van der Waals surface area contributed by atoms with E-state index in [0.717, 1.165) is 11.4 Å². The molecule has 21 heavy (non-hydrogen) atoms. The maximum atomic E-state index is 12.5. The quantitative estimate of drug-likeness (QED) is 0.863. The molecule has 0 unspecified atom stereocenters. The van der Waals surface area contributed by atoms with Crippen molar-refractivity contribution in [1.82, 2.24) is 0 Å². The van der Waals surface area contributed by atoms with E-state index in [1.165, 1.54) is 5.56 Å². The van der Waals surface area contributed by atoms with Crippen molar-refractivity contribution in [3.05, 3.63) is 60.2 Å². The van der Waals surface area contributed by atoms with Crippen LogP contribution in [0.5, 0.6) is 5.75 Å². The topological polar surface area (TPSA) is 29.5 Å². The molecule has 0 saturated carbocycles. The number of amides is 1. The zero-order valence-electron chi connectivity index (χ0n) is 12.4. The van der Waals surface area contributed by atoms with E-state index < -0.39 is 0 Å². The van der Waals surface area contributed by atoms with Crippen molar-refractivity contribution in [2.75, 3.05) is 18.1 Å². The van der Waals surface area contributed by atoms with Gasteiger partial charge in [0.05, 0.1) is 0 Å². The number of hydrogen-bond acceptors (Lipinski definition) is 2. The SMILES string of the molecule is CC1(C)CN(C(=O)COc2ccccc2)c2ccccc21. The summed E-state index contributed by atoms with van der Waals surface area (Å²) in [5, 5.41) is 0. The van der Waals surface area contributed by atoms with Crippen molar-refractivity contribution in [1.29, 1.82) is 0 Å². The lowest BCUT2D eigenvalue weighted by Gasteiger charge is -2.21. The molecule has 1 amide bonds. The molecule has 0 saturated heterocycles. The van der Waals surface area contributed by atoms with Gasteiger partial charge in [-0.25, -0.2) is 0 Å². The molecule has 1 heterocycles. The second-order valence-electron chi connectivity index (χ2n) is 5.98. The summed E-state index contributed by atoms with van der Waals surface area (Å²) in [5.74, 6) is 0.717. The minimum absolute atomic E-state index is 0.00289. The number of para-hydroxylation sites is 2. The third-order valence-electron chi connectivity index (χ3n) is 3.88. The highest BCUT2D eigenvalue weighted by molar-refractivity contribution is 5.97. The zero-order chi connectivity index (χ0) is 14.9. The molecule has 3 rings (SSSR count). The maximum Gasteiger partial charge on any atom is 0.264 e. The molecular weight excluding hydrogens is 262 g/mol.